The van der Waals surface area contributed by atoms with E-state index in [0.717, 1.165) is 70.9 Å². The van der Waals surface area contributed by atoms with Gasteiger partial charge in [0.25, 0.3) is 0 Å². The Morgan fingerprint density at radius 2 is 1.71 bits per heavy atom. The molecule has 0 radical (unpaired) electrons. The van der Waals surface area contributed by atoms with Gasteiger partial charge < -0.3 is 14.4 Å². The SMILES string of the molecule is COC(=O)C(OC(C)(C)C)c1c(C)cc2nc(-c3cccc(-c4ccc(C)cc4F)c3)cn2c1N1CCC(C)(C)CC1. The Balaban J connectivity index is 1.69. The van der Waals surface area contributed by atoms with Gasteiger partial charge in [0.05, 0.1) is 18.4 Å². The van der Waals surface area contributed by atoms with Gasteiger partial charge in [-0.05, 0) is 87.8 Å². The minimum Gasteiger partial charge on any atom is -0.467 e. The van der Waals surface area contributed by atoms with Crippen molar-refractivity contribution < 1.29 is 18.7 Å². The van der Waals surface area contributed by atoms with Crippen LogP contribution in [0.25, 0.3) is 28.0 Å². The van der Waals surface area contributed by atoms with E-state index in [2.05, 4.69) is 23.1 Å². The fourth-order valence-corrected chi connectivity index (χ4v) is 5.74. The lowest BCUT2D eigenvalue weighted by Gasteiger charge is -2.40. The maximum absolute atomic E-state index is 14.9. The van der Waals surface area contributed by atoms with Gasteiger partial charge in [-0.2, -0.15) is 0 Å². The van der Waals surface area contributed by atoms with Crippen LogP contribution in [0.3, 0.4) is 0 Å². The second-order valence-electron chi connectivity index (χ2n) is 13.3. The number of hydrogen-bond donors (Lipinski definition) is 0. The molecule has 1 unspecified atom stereocenters. The van der Waals surface area contributed by atoms with Gasteiger partial charge in [-0.3, -0.25) is 4.40 Å². The summed E-state index contributed by atoms with van der Waals surface area (Å²) in [7, 11) is 1.40. The summed E-state index contributed by atoms with van der Waals surface area (Å²) in [6.07, 6.45) is 3.17. The van der Waals surface area contributed by atoms with Crippen LogP contribution >= 0.6 is 0 Å². The van der Waals surface area contributed by atoms with E-state index in [1.54, 1.807) is 6.07 Å². The number of pyridine rings is 1. The van der Waals surface area contributed by atoms with Crippen molar-refractivity contribution in [2.24, 2.45) is 5.41 Å². The first kappa shape index (κ1) is 29.8. The van der Waals surface area contributed by atoms with Crippen LogP contribution in [0.2, 0.25) is 0 Å². The zero-order valence-corrected chi connectivity index (χ0v) is 26.0. The maximum atomic E-state index is 14.9. The molecule has 222 valence electrons. The predicted octanol–water partition coefficient (Wildman–Crippen LogP) is 8.08. The Labute approximate surface area is 248 Å². The topological polar surface area (TPSA) is 56.1 Å². The largest absolute Gasteiger partial charge is 0.467 e. The Morgan fingerprint density at radius 1 is 1.02 bits per heavy atom. The predicted molar refractivity (Wildman–Crippen MR) is 166 cm³/mol. The number of aromatic nitrogens is 2. The summed E-state index contributed by atoms with van der Waals surface area (Å²) in [6, 6.07) is 15.1. The van der Waals surface area contributed by atoms with E-state index in [9.17, 15) is 9.18 Å². The number of piperidine rings is 1. The molecule has 1 saturated heterocycles. The van der Waals surface area contributed by atoms with Crippen molar-refractivity contribution in [2.45, 2.75) is 73.0 Å². The highest BCUT2D eigenvalue weighted by Crippen LogP contribution is 2.40. The Bertz CT molecular complexity index is 1620. The highest BCUT2D eigenvalue weighted by Gasteiger charge is 2.36. The van der Waals surface area contributed by atoms with Crippen molar-refractivity contribution in [3.63, 3.8) is 0 Å². The summed E-state index contributed by atoms with van der Waals surface area (Å²) in [6.45, 7) is 16.0. The summed E-state index contributed by atoms with van der Waals surface area (Å²) in [5.41, 5.74) is 6.04. The summed E-state index contributed by atoms with van der Waals surface area (Å²) >= 11 is 0. The minimum atomic E-state index is -0.900. The van der Waals surface area contributed by atoms with Crippen molar-refractivity contribution in [1.82, 2.24) is 9.38 Å². The zero-order chi connectivity index (χ0) is 30.4. The molecule has 0 N–H and O–H groups in total. The number of anilines is 1. The molecule has 1 aliphatic rings. The van der Waals surface area contributed by atoms with Crippen molar-refractivity contribution in [3.8, 4) is 22.4 Å². The lowest BCUT2D eigenvalue weighted by atomic mass is 9.82. The lowest BCUT2D eigenvalue weighted by Crippen LogP contribution is -2.40. The molecule has 1 fully saturated rings. The average Bonchev–Trinajstić information content (AvgIpc) is 3.34. The van der Waals surface area contributed by atoms with E-state index in [1.807, 2.05) is 83.3 Å². The van der Waals surface area contributed by atoms with Gasteiger partial charge >= 0.3 is 5.97 Å². The standard InChI is InChI=1S/C35H42FN3O3/c1-22-12-13-26(27(36)18-22)24-10-9-11-25(20-24)28-21-39-29(37-28)19-23(2)30(31(33(40)41-8)42-34(3,4)5)32(39)38-16-14-35(6,7)15-17-38/h9-13,18-21,31H,14-17H2,1-8H3. The van der Waals surface area contributed by atoms with E-state index in [1.165, 1.54) is 7.11 Å². The van der Waals surface area contributed by atoms with Crippen LogP contribution in [0.15, 0.2) is 54.7 Å². The second-order valence-corrected chi connectivity index (χ2v) is 13.3. The van der Waals surface area contributed by atoms with Crippen LogP contribution in [-0.4, -0.2) is 41.2 Å². The first-order valence-corrected chi connectivity index (χ1v) is 14.7. The van der Waals surface area contributed by atoms with Crippen molar-refractivity contribution in [2.75, 3.05) is 25.1 Å². The van der Waals surface area contributed by atoms with Crippen molar-refractivity contribution in [3.05, 3.63) is 77.2 Å². The van der Waals surface area contributed by atoms with Crippen LogP contribution in [0.4, 0.5) is 10.2 Å². The van der Waals surface area contributed by atoms with Crippen molar-refractivity contribution >= 4 is 17.4 Å². The minimum absolute atomic E-state index is 0.245. The van der Waals surface area contributed by atoms with Crippen molar-refractivity contribution in [1.29, 1.82) is 0 Å². The smallest absolute Gasteiger partial charge is 0.339 e. The maximum Gasteiger partial charge on any atom is 0.339 e. The number of halogens is 1. The van der Waals surface area contributed by atoms with E-state index in [-0.39, 0.29) is 11.2 Å². The van der Waals surface area contributed by atoms with Gasteiger partial charge in [0, 0.05) is 36.0 Å². The number of ether oxygens (including phenoxy) is 2. The van der Waals surface area contributed by atoms with Gasteiger partial charge in [0.2, 0.25) is 0 Å². The van der Waals surface area contributed by atoms with Gasteiger partial charge in [0.15, 0.2) is 6.10 Å². The summed E-state index contributed by atoms with van der Waals surface area (Å²) < 4.78 is 28.6. The molecule has 2 aromatic carbocycles. The van der Waals surface area contributed by atoms with Crippen LogP contribution in [0.5, 0.6) is 0 Å². The highest BCUT2D eigenvalue weighted by molar-refractivity contribution is 5.81. The molecule has 0 spiro atoms. The Morgan fingerprint density at radius 3 is 2.36 bits per heavy atom. The number of rotatable bonds is 6. The quantitative estimate of drug-likeness (QED) is 0.219. The van der Waals surface area contributed by atoms with Crippen LogP contribution < -0.4 is 4.90 Å². The van der Waals surface area contributed by atoms with E-state index >= 15 is 0 Å². The van der Waals surface area contributed by atoms with Gasteiger partial charge in [-0.1, -0.05) is 44.2 Å². The lowest BCUT2D eigenvalue weighted by molar-refractivity contribution is -0.164. The number of benzene rings is 2. The Kier molecular flexibility index (Phi) is 7.92. The number of fused-ring (bicyclic) bond motifs is 1. The molecule has 0 aliphatic carbocycles. The molecule has 0 bridgehead atoms. The molecule has 3 heterocycles. The third kappa shape index (κ3) is 6.07. The molecule has 1 aliphatic heterocycles. The monoisotopic (exact) mass is 571 g/mol. The summed E-state index contributed by atoms with van der Waals surface area (Å²) in [5.74, 6) is 0.226. The first-order chi connectivity index (χ1) is 19.8. The van der Waals surface area contributed by atoms with E-state index in [4.69, 9.17) is 14.5 Å². The molecule has 4 aromatic rings. The molecule has 42 heavy (non-hydrogen) atoms. The number of nitrogens with zero attached hydrogens (tertiary/aromatic N) is 3. The molecule has 6 nitrogen and oxygen atoms in total. The molecule has 0 saturated carbocycles. The number of carbonyl (C=O) groups excluding carboxylic acids is 1. The van der Waals surface area contributed by atoms with Crippen LogP contribution in [0, 0.1) is 25.1 Å². The fourth-order valence-electron chi connectivity index (χ4n) is 5.74. The third-order valence-corrected chi connectivity index (χ3v) is 8.13. The molecule has 2 aromatic heterocycles. The molecule has 0 amide bonds. The number of aryl methyl sites for hydroxylation is 2. The third-order valence-electron chi connectivity index (χ3n) is 8.13. The van der Waals surface area contributed by atoms with E-state index in [0.29, 0.717) is 5.56 Å². The summed E-state index contributed by atoms with van der Waals surface area (Å²) in [4.78, 5) is 20.6. The van der Waals surface area contributed by atoms with Gasteiger partial charge in [-0.25, -0.2) is 14.2 Å². The Hall–Kier alpha value is -3.71. The highest BCUT2D eigenvalue weighted by atomic mass is 19.1. The van der Waals surface area contributed by atoms with Crippen LogP contribution in [0.1, 0.15) is 70.3 Å². The molecule has 1 atom stereocenters. The van der Waals surface area contributed by atoms with Crippen LogP contribution in [-0.2, 0) is 14.3 Å². The molecular formula is C35H42FN3O3. The second kappa shape index (κ2) is 11.2. The number of methoxy groups -OCH3 is 1. The fraction of sp³-hybridized carbons (Fsp3) is 0.429. The first-order valence-electron chi connectivity index (χ1n) is 14.7. The number of carbonyl (C=O) groups is 1. The van der Waals surface area contributed by atoms with Gasteiger partial charge in [0.1, 0.15) is 17.3 Å². The summed E-state index contributed by atoms with van der Waals surface area (Å²) in [5, 5.41) is 0. The normalized spacial score (nSPS) is 16.1. The molecule has 5 rings (SSSR count). The molecule has 7 heteroatoms. The number of esters is 1. The van der Waals surface area contributed by atoms with Gasteiger partial charge in [-0.15, -0.1) is 0 Å². The number of imidazole rings is 1. The number of hydrogen-bond acceptors (Lipinski definition) is 5. The zero-order valence-electron chi connectivity index (χ0n) is 26.0. The van der Waals surface area contributed by atoms with E-state index < -0.39 is 17.7 Å². The average molecular weight is 572 g/mol. The molecular weight excluding hydrogens is 529 g/mol.